The van der Waals surface area contributed by atoms with Crippen molar-refractivity contribution in [2.75, 3.05) is 13.1 Å². The molecule has 3 heteroatoms. The van der Waals surface area contributed by atoms with Gasteiger partial charge < -0.3 is 5.11 Å². The zero-order valence-corrected chi connectivity index (χ0v) is 12.5. The molecule has 20 heavy (non-hydrogen) atoms. The van der Waals surface area contributed by atoms with Crippen LogP contribution in [0.1, 0.15) is 51.1 Å². The van der Waals surface area contributed by atoms with E-state index in [0.29, 0.717) is 12.5 Å². The van der Waals surface area contributed by atoms with Gasteiger partial charge in [0.15, 0.2) is 0 Å². The van der Waals surface area contributed by atoms with Gasteiger partial charge in [-0.3, -0.25) is 9.88 Å². The zero-order chi connectivity index (χ0) is 14.4. The van der Waals surface area contributed by atoms with Crippen LogP contribution in [0.2, 0.25) is 0 Å². The van der Waals surface area contributed by atoms with E-state index in [-0.39, 0.29) is 0 Å². The highest BCUT2D eigenvalue weighted by atomic mass is 16.3. The van der Waals surface area contributed by atoms with E-state index in [1.54, 1.807) is 6.92 Å². The van der Waals surface area contributed by atoms with Crippen molar-refractivity contribution in [2.24, 2.45) is 0 Å². The first-order valence-corrected chi connectivity index (χ1v) is 7.49. The van der Waals surface area contributed by atoms with E-state index in [0.717, 1.165) is 19.5 Å². The number of likely N-dealkylation sites (tertiary alicyclic amines) is 1. The number of hydrogen-bond donors (Lipinski definition) is 1. The molecular formula is C17H24N2O. The molecule has 0 aliphatic carbocycles. The van der Waals surface area contributed by atoms with Gasteiger partial charge in [-0.25, -0.2) is 0 Å². The molecule has 1 aliphatic rings. The molecule has 1 saturated heterocycles. The summed E-state index contributed by atoms with van der Waals surface area (Å²) in [7, 11) is 0. The third kappa shape index (κ3) is 4.06. The number of rotatable bonds is 3. The van der Waals surface area contributed by atoms with Crippen molar-refractivity contribution < 1.29 is 5.11 Å². The predicted molar refractivity (Wildman–Crippen MR) is 81.1 cm³/mol. The summed E-state index contributed by atoms with van der Waals surface area (Å²) in [5.74, 6) is 6.13. The van der Waals surface area contributed by atoms with Crippen LogP contribution in [0.4, 0.5) is 0 Å². The molecule has 0 spiro atoms. The van der Waals surface area contributed by atoms with Gasteiger partial charge in [0, 0.05) is 18.4 Å². The minimum Gasteiger partial charge on any atom is -0.378 e. The van der Waals surface area contributed by atoms with Gasteiger partial charge in [-0.1, -0.05) is 31.3 Å². The molecule has 0 bridgehead atoms. The quantitative estimate of drug-likeness (QED) is 0.860. The second-order valence-corrected chi connectivity index (χ2v) is 5.70. The molecule has 0 radical (unpaired) electrons. The van der Waals surface area contributed by atoms with Crippen LogP contribution < -0.4 is 0 Å². The molecule has 2 rings (SSSR count). The fourth-order valence-corrected chi connectivity index (χ4v) is 2.55. The van der Waals surface area contributed by atoms with E-state index in [4.69, 9.17) is 0 Å². The minimum absolute atomic E-state index is 0.415. The molecule has 3 nitrogen and oxygen atoms in total. The number of hydrogen-bond acceptors (Lipinski definition) is 3. The number of pyridine rings is 1. The molecule has 1 fully saturated rings. The average molecular weight is 272 g/mol. The SMILES string of the molecule is CC[C@](C)(O)C#CCN1CCCC[C@@H]1c1cccnc1. The smallest absolute Gasteiger partial charge is 0.122 e. The summed E-state index contributed by atoms with van der Waals surface area (Å²) < 4.78 is 0. The summed E-state index contributed by atoms with van der Waals surface area (Å²) >= 11 is 0. The van der Waals surface area contributed by atoms with E-state index in [2.05, 4.69) is 27.8 Å². The Morgan fingerprint density at radius 1 is 1.50 bits per heavy atom. The third-order valence-corrected chi connectivity index (χ3v) is 4.01. The first-order chi connectivity index (χ1) is 9.62. The van der Waals surface area contributed by atoms with Gasteiger partial charge in [-0.15, -0.1) is 0 Å². The van der Waals surface area contributed by atoms with Crippen molar-refractivity contribution in [3.63, 3.8) is 0 Å². The zero-order valence-electron chi connectivity index (χ0n) is 12.5. The topological polar surface area (TPSA) is 36.4 Å². The highest BCUT2D eigenvalue weighted by molar-refractivity contribution is 5.17. The first-order valence-electron chi connectivity index (χ1n) is 7.49. The van der Waals surface area contributed by atoms with Crippen LogP contribution in [0.15, 0.2) is 24.5 Å². The van der Waals surface area contributed by atoms with Crippen molar-refractivity contribution in [2.45, 2.75) is 51.2 Å². The molecule has 0 amide bonds. The molecule has 1 aliphatic heterocycles. The molecule has 1 aromatic heterocycles. The standard InChI is InChI=1S/C17H24N2O/c1-3-17(2,20)10-7-13-19-12-5-4-9-16(19)15-8-6-11-18-14-15/h6,8,11,14,16,20H,3-5,9,12-13H2,1-2H3/t16-,17+/m1/s1. The molecule has 0 unspecified atom stereocenters. The summed E-state index contributed by atoms with van der Waals surface area (Å²) in [6.07, 6.45) is 8.08. The summed E-state index contributed by atoms with van der Waals surface area (Å²) in [6, 6.07) is 4.56. The van der Waals surface area contributed by atoms with Crippen LogP contribution in [0.25, 0.3) is 0 Å². The lowest BCUT2D eigenvalue weighted by molar-refractivity contribution is 0.117. The van der Waals surface area contributed by atoms with Gasteiger partial charge >= 0.3 is 0 Å². The second-order valence-electron chi connectivity index (χ2n) is 5.70. The Balaban J connectivity index is 2.05. The molecule has 0 saturated carbocycles. The van der Waals surface area contributed by atoms with Crippen molar-refractivity contribution >= 4 is 0 Å². The largest absolute Gasteiger partial charge is 0.378 e. The molecule has 2 atom stereocenters. The summed E-state index contributed by atoms with van der Waals surface area (Å²) in [5, 5.41) is 9.93. The highest BCUT2D eigenvalue weighted by Gasteiger charge is 2.23. The van der Waals surface area contributed by atoms with Gasteiger partial charge in [-0.2, -0.15) is 0 Å². The molecular weight excluding hydrogens is 248 g/mol. The van der Waals surface area contributed by atoms with Gasteiger partial charge in [0.2, 0.25) is 0 Å². The Morgan fingerprint density at radius 2 is 2.35 bits per heavy atom. The number of piperidine rings is 1. The fraction of sp³-hybridized carbons (Fsp3) is 0.588. The Labute approximate surface area is 122 Å². The van der Waals surface area contributed by atoms with Crippen LogP contribution in [0.3, 0.4) is 0 Å². The summed E-state index contributed by atoms with van der Waals surface area (Å²) in [4.78, 5) is 6.63. The number of nitrogens with zero attached hydrogens (tertiary/aromatic N) is 2. The summed E-state index contributed by atoms with van der Waals surface area (Å²) in [5.41, 5.74) is 0.413. The predicted octanol–water partition coefficient (Wildman–Crippen LogP) is 2.77. The minimum atomic E-state index is -0.862. The molecule has 2 heterocycles. The molecule has 108 valence electrons. The van der Waals surface area contributed by atoms with Gasteiger partial charge in [-0.05, 0) is 44.4 Å². The lowest BCUT2D eigenvalue weighted by Crippen LogP contribution is -2.34. The average Bonchev–Trinajstić information content (AvgIpc) is 2.48. The number of aliphatic hydroxyl groups is 1. The molecule has 0 aromatic carbocycles. The van der Waals surface area contributed by atoms with E-state index < -0.39 is 5.60 Å². The lowest BCUT2D eigenvalue weighted by atomic mass is 9.96. The maximum Gasteiger partial charge on any atom is 0.122 e. The van der Waals surface area contributed by atoms with E-state index in [1.807, 2.05) is 25.4 Å². The van der Waals surface area contributed by atoms with Crippen LogP contribution in [-0.2, 0) is 0 Å². The second kappa shape index (κ2) is 6.88. The van der Waals surface area contributed by atoms with Crippen molar-refractivity contribution in [3.8, 4) is 11.8 Å². The van der Waals surface area contributed by atoms with Crippen molar-refractivity contribution in [3.05, 3.63) is 30.1 Å². The third-order valence-electron chi connectivity index (χ3n) is 4.01. The maximum absolute atomic E-state index is 9.93. The van der Waals surface area contributed by atoms with Crippen LogP contribution in [0.5, 0.6) is 0 Å². The van der Waals surface area contributed by atoms with Gasteiger partial charge in [0.1, 0.15) is 5.60 Å². The van der Waals surface area contributed by atoms with Crippen LogP contribution >= 0.6 is 0 Å². The van der Waals surface area contributed by atoms with Crippen molar-refractivity contribution in [1.29, 1.82) is 0 Å². The Bertz CT molecular complexity index is 473. The van der Waals surface area contributed by atoms with Gasteiger partial charge in [0.25, 0.3) is 0 Å². The highest BCUT2D eigenvalue weighted by Crippen LogP contribution is 2.29. The van der Waals surface area contributed by atoms with Gasteiger partial charge in [0.05, 0.1) is 6.54 Å². The molecule has 1 aromatic rings. The fourth-order valence-electron chi connectivity index (χ4n) is 2.55. The first kappa shape index (κ1) is 15.0. The van der Waals surface area contributed by atoms with Crippen LogP contribution in [-0.4, -0.2) is 33.7 Å². The van der Waals surface area contributed by atoms with E-state index >= 15 is 0 Å². The maximum atomic E-state index is 9.93. The van der Waals surface area contributed by atoms with Crippen molar-refractivity contribution in [1.82, 2.24) is 9.88 Å². The Hall–Kier alpha value is -1.37. The Kier molecular flexibility index (Phi) is 5.17. The monoisotopic (exact) mass is 272 g/mol. The summed E-state index contributed by atoms with van der Waals surface area (Å²) in [6.45, 7) is 5.51. The van der Waals surface area contributed by atoms with Crippen LogP contribution in [0, 0.1) is 11.8 Å². The molecule has 1 N–H and O–H groups in total. The van der Waals surface area contributed by atoms with E-state index in [9.17, 15) is 5.11 Å². The normalized spacial score (nSPS) is 22.6. The lowest BCUT2D eigenvalue weighted by Gasteiger charge is -2.34. The number of aromatic nitrogens is 1. The van der Waals surface area contributed by atoms with E-state index in [1.165, 1.54) is 18.4 Å². The Morgan fingerprint density at radius 3 is 3.05 bits per heavy atom.